The van der Waals surface area contributed by atoms with Crippen LogP contribution in [0.25, 0.3) is 0 Å². The molecule has 0 unspecified atom stereocenters. The van der Waals surface area contributed by atoms with Gasteiger partial charge in [-0.15, -0.1) is 11.8 Å². The zero-order valence-corrected chi connectivity index (χ0v) is 16.8. The number of carbonyl (C=O) groups is 3. The second-order valence-corrected chi connectivity index (χ2v) is 7.36. The van der Waals surface area contributed by atoms with Crippen LogP contribution in [0.2, 0.25) is 5.02 Å². The zero-order valence-electron chi connectivity index (χ0n) is 15.3. The molecule has 0 aliphatic heterocycles. The highest BCUT2D eigenvalue weighted by Gasteiger charge is 2.23. The summed E-state index contributed by atoms with van der Waals surface area (Å²) in [7, 11) is 1.28. The van der Waals surface area contributed by atoms with E-state index in [9.17, 15) is 14.4 Å². The second-order valence-electron chi connectivity index (χ2n) is 5.75. The first-order valence-corrected chi connectivity index (χ1v) is 9.54. The Kier molecular flexibility index (Phi) is 7.50. The van der Waals surface area contributed by atoms with Crippen molar-refractivity contribution in [3.8, 4) is 0 Å². The van der Waals surface area contributed by atoms with Crippen molar-refractivity contribution in [2.45, 2.75) is 25.2 Å². The van der Waals surface area contributed by atoms with Crippen molar-refractivity contribution < 1.29 is 23.9 Å². The number of esters is 2. The van der Waals surface area contributed by atoms with Gasteiger partial charge in [0.2, 0.25) is 5.78 Å². The SMILES string of the molecule is COC(=O)c1c(C)[nH]c(C(=O)COC(=O)CCSc2ccc(Cl)cc2)c1C. The number of methoxy groups -OCH3 is 1. The number of aromatic nitrogens is 1. The standard InChI is InChI=1S/C19H20ClNO5S/c1-11-17(19(24)25-3)12(2)21-18(11)15(22)10-26-16(23)8-9-27-14-6-4-13(20)5-7-14/h4-7,21H,8-10H2,1-3H3. The van der Waals surface area contributed by atoms with Crippen LogP contribution in [0.15, 0.2) is 29.2 Å². The Labute approximate surface area is 166 Å². The van der Waals surface area contributed by atoms with Crippen molar-refractivity contribution in [2.75, 3.05) is 19.5 Å². The van der Waals surface area contributed by atoms with E-state index in [0.29, 0.717) is 27.6 Å². The summed E-state index contributed by atoms with van der Waals surface area (Å²) in [6.45, 7) is 2.94. The monoisotopic (exact) mass is 409 g/mol. The number of aromatic amines is 1. The van der Waals surface area contributed by atoms with Crippen molar-refractivity contribution in [3.05, 3.63) is 51.8 Å². The van der Waals surface area contributed by atoms with E-state index in [0.717, 1.165) is 4.90 Å². The molecule has 2 rings (SSSR count). The first-order chi connectivity index (χ1) is 12.8. The maximum Gasteiger partial charge on any atom is 0.339 e. The molecular weight excluding hydrogens is 390 g/mol. The maximum atomic E-state index is 12.3. The number of ketones is 1. The lowest BCUT2D eigenvalue weighted by Crippen LogP contribution is -2.15. The number of aryl methyl sites for hydroxylation is 1. The highest BCUT2D eigenvalue weighted by atomic mass is 35.5. The summed E-state index contributed by atoms with van der Waals surface area (Å²) >= 11 is 7.32. The molecule has 8 heteroatoms. The number of thioether (sulfide) groups is 1. The van der Waals surface area contributed by atoms with E-state index in [1.165, 1.54) is 18.9 Å². The molecule has 0 saturated carbocycles. The quantitative estimate of drug-likeness (QED) is 0.403. The van der Waals surface area contributed by atoms with Crippen molar-refractivity contribution in [3.63, 3.8) is 0 Å². The summed E-state index contributed by atoms with van der Waals surface area (Å²) in [6, 6.07) is 7.31. The molecule has 0 fully saturated rings. The second kappa shape index (κ2) is 9.62. The molecule has 2 aromatic rings. The predicted octanol–water partition coefficient (Wildman–Crippen LogP) is 3.98. The molecule has 0 atom stereocenters. The van der Waals surface area contributed by atoms with E-state index < -0.39 is 17.7 Å². The first kappa shape index (κ1) is 21.1. The number of carbonyl (C=O) groups excluding carboxylic acids is 3. The molecule has 0 aliphatic rings. The van der Waals surface area contributed by atoms with E-state index in [1.54, 1.807) is 26.0 Å². The fourth-order valence-corrected chi connectivity index (χ4v) is 3.47. The summed E-state index contributed by atoms with van der Waals surface area (Å²) in [5.74, 6) is -0.846. The molecule has 0 bridgehead atoms. The summed E-state index contributed by atoms with van der Waals surface area (Å²) in [5, 5.41) is 0.655. The largest absolute Gasteiger partial charge is 0.465 e. The Bertz CT molecular complexity index is 845. The van der Waals surface area contributed by atoms with E-state index >= 15 is 0 Å². The Morgan fingerprint density at radius 2 is 1.81 bits per heavy atom. The van der Waals surface area contributed by atoms with Gasteiger partial charge < -0.3 is 14.5 Å². The van der Waals surface area contributed by atoms with Crippen LogP contribution in [-0.2, 0) is 14.3 Å². The van der Waals surface area contributed by atoms with Crippen LogP contribution >= 0.6 is 23.4 Å². The average Bonchev–Trinajstić information content (AvgIpc) is 2.95. The number of ether oxygens (including phenoxy) is 2. The predicted molar refractivity (Wildman–Crippen MR) is 104 cm³/mol. The van der Waals surface area contributed by atoms with Crippen LogP contribution in [0, 0.1) is 13.8 Å². The number of benzene rings is 1. The van der Waals surface area contributed by atoms with Gasteiger partial charge in [0.05, 0.1) is 24.8 Å². The third kappa shape index (κ3) is 5.61. The van der Waals surface area contributed by atoms with Gasteiger partial charge in [-0.3, -0.25) is 9.59 Å². The van der Waals surface area contributed by atoms with E-state index in [-0.39, 0.29) is 18.7 Å². The first-order valence-electron chi connectivity index (χ1n) is 8.18. The van der Waals surface area contributed by atoms with Crippen molar-refractivity contribution in [1.29, 1.82) is 0 Å². The number of Topliss-reactive ketones (excluding diaryl/α,β-unsaturated/α-hetero) is 1. The van der Waals surface area contributed by atoms with E-state index in [1.807, 2.05) is 12.1 Å². The highest BCUT2D eigenvalue weighted by molar-refractivity contribution is 7.99. The summed E-state index contributed by atoms with van der Waals surface area (Å²) in [6.07, 6.45) is 0.177. The van der Waals surface area contributed by atoms with Gasteiger partial charge in [0, 0.05) is 21.4 Å². The Hall–Kier alpha value is -2.25. The Balaban J connectivity index is 1.83. The van der Waals surface area contributed by atoms with Gasteiger partial charge in [-0.2, -0.15) is 0 Å². The number of rotatable bonds is 8. The van der Waals surface area contributed by atoms with Crippen molar-refractivity contribution >= 4 is 41.1 Å². The topological polar surface area (TPSA) is 85.5 Å². The third-order valence-corrected chi connectivity index (χ3v) is 5.12. The third-order valence-electron chi connectivity index (χ3n) is 3.86. The van der Waals surface area contributed by atoms with Crippen molar-refractivity contribution in [2.24, 2.45) is 0 Å². The smallest absolute Gasteiger partial charge is 0.339 e. The number of hydrogen-bond donors (Lipinski definition) is 1. The Morgan fingerprint density at radius 3 is 2.44 bits per heavy atom. The fraction of sp³-hybridized carbons (Fsp3) is 0.316. The molecule has 1 aromatic heterocycles. The number of halogens is 1. The van der Waals surface area contributed by atoms with E-state index in [2.05, 4.69) is 4.98 Å². The number of hydrogen-bond acceptors (Lipinski definition) is 6. The molecule has 6 nitrogen and oxygen atoms in total. The summed E-state index contributed by atoms with van der Waals surface area (Å²) in [4.78, 5) is 39.8. The van der Waals surface area contributed by atoms with Crippen LogP contribution in [0.3, 0.4) is 0 Å². The molecule has 1 N–H and O–H groups in total. The molecule has 0 aliphatic carbocycles. The van der Waals surface area contributed by atoms with Crippen molar-refractivity contribution in [1.82, 2.24) is 4.98 Å². The van der Waals surface area contributed by atoms with Gasteiger partial charge in [0.15, 0.2) is 6.61 Å². The van der Waals surface area contributed by atoms with Gasteiger partial charge in [-0.25, -0.2) is 4.79 Å². The molecule has 1 heterocycles. The number of nitrogens with one attached hydrogen (secondary N) is 1. The molecule has 0 amide bonds. The van der Waals surface area contributed by atoms with Crippen LogP contribution in [0.1, 0.15) is 38.5 Å². The Morgan fingerprint density at radius 1 is 1.15 bits per heavy atom. The van der Waals surface area contributed by atoms with Gasteiger partial charge in [0.25, 0.3) is 0 Å². The number of H-pyrrole nitrogens is 1. The minimum absolute atomic E-state index is 0.177. The molecule has 144 valence electrons. The van der Waals surface area contributed by atoms with Crippen LogP contribution in [0.4, 0.5) is 0 Å². The fourth-order valence-electron chi connectivity index (χ4n) is 2.51. The molecule has 27 heavy (non-hydrogen) atoms. The molecule has 1 aromatic carbocycles. The maximum absolute atomic E-state index is 12.3. The molecule has 0 spiro atoms. The molecular formula is C19H20ClNO5S. The summed E-state index contributed by atoms with van der Waals surface area (Å²) < 4.78 is 9.76. The van der Waals surface area contributed by atoms with Crippen LogP contribution in [-0.4, -0.2) is 42.2 Å². The van der Waals surface area contributed by atoms with Gasteiger partial charge in [0.1, 0.15) is 0 Å². The molecule has 0 saturated heterocycles. The minimum Gasteiger partial charge on any atom is -0.465 e. The van der Waals surface area contributed by atoms with Crippen LogP contribution < -0.4 is 0 Å². The zero-order chi connectivity index (χ0) is 20.0. The molecule has 0 radical (unpaired) electrons. The lowest BCUT2D eigenvalue weighted by molar-refractivity contribution is -0.141. The van der Waals surface area contributed by atoms with Gasteiger partial charge in [-0.1, -0.05) is 11.6 Å². The van der Waals surface area contributed by atoms with Gasteiger partial charge in [-0.05, 0) is 43.7 Å². The normalized spacial score (nSPS) is 10.5. The summed E-state index contributed by atoms with van der Waals surface area (Å²) in [5.41, 5.74) is 1.59. The highest BCUT2D eigenvalue weighted by Crippen LogP contribution is 2.21. The van der Waals surface area contributed by atoms with E-state index in [4.69, 9.17) is 21.1 Å². The lowest BCUT2D eigenvalue weighted by atomic mass is 10.1. The lowest BCUT2D eigenvalue weighted by Gasteiger charge is -2.05. The average molecular weight is 410 g/mol. The van der Waals surface area contributed by atoms with Gasteiger partial charge >= 0.3 is 11.9 Å². The minimum atomic E-state index is -0.517. The van der Waals surface area contributed by atoms with Crippen LogP contribution in [0.5, 0.6) is 0 Å².